The van der Waals surface area contributed by atoms with Crippen molar-refractivity contribution in [3.05, 3.63) is 33.8 Å². The molecule has 1 aromatic rings. The van der Waals surface area contributed by atoms with Gasteiger partial charge in [-0.15, -0.1) is 0 Å². The second kappa shape index (κ2) is 9.59. The van der Waals surface area contributed by atoms with Crippen molar-refractivity contribution >= 4 is 23.2 Å². The molecule has 0 bridgehead atoms. The lowest BCUT2D eigenvalue weighted by molar-refractivity contribution is 0.199. The fourth-order valence-corrected chi connectivity index (χ4v) is 1.92. The highest BCUT2D eigenvalue weighted by Crippen LogP contribution is 2.20. The molecule has 5 heteroatoms. The average molecular weight is 291 g/mol. The number of rotatable bonds is 9. The van der Waals surface area contributed by atoms with Crippen LogP contribution in [0.1, 0.15) is 12.0 Å². The molecule has 0 spiro atoms. The molecule has 0 aliphatic heterocycles. The van der Waals surface area contributed by atoms with Crippen LogP contribution in [-0.2, 0) is 11.3 Å². The molecule has 0 saturated carbocycles. The Morgan fingerprint density at radius 1 is 1.11 bits per heavy atom. The van der Waals surface area contributed by atoms with Crippen molar-refractivity contribution in [3.8, 4) is 0 Å². The molecule has 2 N–H and O–H groups in total. The number of ether oxygens (including phenoxy) is 1. The summed E-state index contributed by atoms with van der Waals surface area (Å²) in [5, 5.41) is 8.11. The molecule has 102 valence electrons. The first kappa shape index (κ1) is 15.7. The normalized spacial score (nSPS) is 10.8. The van der Waals surface area contributed by atoms with Crippen LogP contribution in [-0.4, -0.2) is 33.4 Å². The quantitative estimate of drug-likeness (QED) is 0.686. The summed E-state index contributed by atoms with van der Waals surface area (Å²) >= 11 is 12.0. The summed E-state index contributed by atoms with van der Waals surface area (Å²) in [6.45, 7) is 4.34. The molecule has 0 aromatic heterocycles. The topological polar surface area (TPSA) is 33.3 Å². The zero-order valence-electron chi connectivity index (χ0n) is 10.6. The van der Waals surface area contributed by atoms with Gasteiger partial charge in [-0.25, -0.2) is 0 Å². The van der Waals surface area contributed by atoms with E-state index in [0.717, 1.165) is 54.8 Å². The molecule has 0 aliphatic carbocycles. The molecule has 0 saturated heterocycles. The van der Waals surface area contributed by atoms with Gasteiger partial charge in [0.1, 0.15) is 0 Å². The van der Waals surface area contributed by atoms with Crippen LogP contribution in [0.3, 0.4) is 0 Å². The lowest BCUT2D eigenvalue weighted by Gasteiger charge is -2.08. The summed E-state index contributed by atoms with van der Waals surface area (Å²) in [4.78, 5) is 0. The van der Waals surface area contributed by atoms with Gasteiger partial charge in [0, 0.05) is 30.2 Å². The number of hydrogen-bond acceptors (Lipinski definition) is 3. The van der Waals surface area contributed by atoms with E-state index in [1.807, 2.05) is 12.1 Å². The van der Waals surface area contributed by atoms with Crippen LogP contribution < -0.4 is 10.6 Å². The van der Waals surface area contributed by atoms with E-state index < -0.39 is 0 Å². The van der Waals surface area contributed by atoms with Crippen LogP contribution >= 0.6 is 23.2 Å². The lowest BCUT2D eigenvalue weighted by atomic mass is 10.2. The zero-order chi connectivity index (χ0) is 13.2. The molecule has 3 nitrogen and oxygen atoms in total. The number of benzene rings is 1. The van der Waals surface area contributed by atoms with E-state index in [0.29, 0.717) is 0 Å². The molecule has 0 atom stereocenters. The maximum Gasteiger partial charge on any atom is 0.0587 e. The van der Waals surface area contributed by atoms with Gasteiger partial charge in [-0.05, 0) is 43.3 Å². The Bertz CT molecular complexity index is 348. The van der Waals surface area contributed by atoms with Gasteiger partial charge in [-0.3, -0.25) is 0 Å². The van der Waals surface area contributed by atoms with Crippen LogP contribution in [0.2, 0.25) is 10.0 Å². The predicted molar refractivity (Wildman–Crippen MR) is 77.5 cm³/mol. The third-order valence-electron chi connectivity index (χ3n) is 2.51. The Hall–Kier alpha value is -0.320. The smallest absolute Gasteiger partial charge is 0.0587 e. The van der Waals surface area contributed by atoms with Crippen LogP contribution in [0.5, 0.6) is 0 Å². The third-order valence-corrected chi connectivity index (χ3v) is 3.12. The molecule has 18 heavy (non-hydrogen) atoms. The minimum atomic E-state index is 0.720. The first-order chi connectivity index (χ1) is 8.74. The van der Waals surface area contributed by atoms with Gasteiger partial charge in [0.25, 0.3) is 0 Å². The molecule has 1 rings (SSSR count). The van der Waals surface area contributed by atoms with Gasteiger partial charge in [0.15, 0.2) is 0 Å². The predicted octanol–water partition coefficient (Wildman–Crippen LogP) is 2.71. The first-order valence-corrected chi connectivity index (χ1v) is 6.84. The van der Waals surface area contributed by atoms with Crippen LogP contribution in [0.4, 0.5) is 0 Å². The summed E-state index contributed by atoms with van der Waals surface area (Å²) in [5.41, 5.74) is 1.04. The van der Waals surface area contributed by atoms with E-state index in [-0.39, 0.29) is 0 Å². The summed E-state index contributed by atoms with van der Waals surface area (Å²) in [6.07, 6.45) is 1.07. The lowest BCUT2D eigenvalue weighted by Crippen LogP contribution is -2.24. The highest BCUT2D eigenvalue weighted by atomic mass is 35.5. The van der Waals surface area contributed by atoms with Gasteiger partial charge >= 0.3 is 0 Å². The standard InChI is InChI=1S/C13H20Cl2N2O/c1-18-8-7-16-5-2-6-17-10-11-9-12(14)3-4-13(11)15/h3-4,9,16-17H,2,5-8,10H2,1H3. The summed E-state index contributed by atoms with van der Waals surface area (Å²) in [7, 11) is 1.71. The van der Waals surface area contributed by atoms with Crippen molar-refractivity contribution in [3.63, 3.8) is 0 Å². The fraction of sp³-hybridized carbons (Fsp3) is 0.538. The SMILES string of the molecule is COCCNCCCNCc1cc(Cl)ccc1Cl. The Morgan fingerprint density at radius 3 is 2.67 bits per heavy atom. The Balaban J connectivity index is 2.09. The Labute approximate surface area is 119 Å². The number of halogens is 2. The molecule has 0 heterocycles. The van der Waals surface area contributed by atoms with E-state index in [1.54, 1.807) is 13.2 Å². The van der Waals surface area contributed by atoms with Gasteiger partial charge in [0.2, 0.25) is 0 Å². The van der Waals surface area contributed by atoms with Crippen molar-refractivity contribution in [1.29, 1.82) is 0 Å². The largest absolute Gasteiger partial charge is 0.383 e. The highest BCUT2D eigenvalue weighted by Gasteiger charge is 2.00. The average Bonchev–Trinajstić information content (AvgIpc) is 2.36. The van der Waals surface area contributed by atoms with E-state index >= 15 is 0 Å². The third kappa shape index (κ3) is 6.57. The van der Waals surface area contributed by atoms with Gasteiger partial charge in [0.05, 0.1) is 6.61 Å². The Kier molecular flexibility index (Phi) is 8.38. The maximum absolute atomic E-state index is 6.07. The van der Waals surface area contributed by atoms with Crippen molar-refractivity contribution in [2.45, 2.75) is 13.0 Å². The highest BCUT2D eigenvalue weighted by molar-refractivity contribution is 6.33. The number of methoxy groups -OCH3 is 1. The summed E-state index contributed by atoms with van der Waals surface area (Å²) < 4.78 is 4.95. The second-order valence-corrected chi connectivity index (χ2v) is 4.85. The van der Waals surface area contributed by atoms with Crippen molar-refractivity contribution < 1.29 is 4.74 Å². The fourth-order valence-electron chi connectivity index (χ4n) is 1.54. The number of hydrogen-bond donors (Lipinski definition) is 2. The van der Waals surface area contributed by atoms with E-state index in [9.17, 15) is 0 Å². The van der Waals surface area contributed by atoms with Gasteiger partial charge in [-0.2, -0.15) is 0 Å². The first-order valence-electron chi connectivity index (χ1n) is 6.08. The van der Waals surface area contributed by atoms with Crippen molar-refractivity contribution in [1.82, 2.24) is 10.6 Å². The van der Waals surface area contributed by atoms with Crippen molar-refractivity contribution in [2.75, 3.05) is 33.4 Å². The molecule has 0 radical (unpaired) electrons. The maximum atomic E-state index is 6.07. The summed E-state index contributed by atoms with van der Waals surface area (Å²) in [6, 6.07) is 5.52. The summed E-state index contributed by atoms with van der Waals surface area (Å²) in [5.74, 6) is 0. The van der Waals surface area contributed by atoms with E-state index in [1.165, 1.54) is 0 Å². The molecule has 0 unspecified atom stereocenters. The van der Waals surface area contributed by atoms with Crippen LogP contribution in [0.25, 0.3) is 0 Å². The monoisotopic (exact) mass is 290 g/mol. The molecule has 0 aliphatic rings. The van der Waals surface area contributed by atoms with Crippen LogP contribution in [0, 0.1) is 0 Å². The van der Waals surface area contributed by atoms with E-state index in [4.69, 9.17) is 27.9 Å². The molecular formula is C13H20Cl2N2O. The van der Waals surface area contributed by atoms with Crippen molar-refractivity contribution in [2.24, 2.45) is 0 Å². The minimum absolute atomic E-state index is 0.720. The number of nitrogens with one attached hydrogen (secondary N) is 2. The van der Waals surface area contributed by atoms with Gasteiger partial charge in [-0.1, -0.05) is 23.2 Å². The second-order valence-electron chi connectivity index (χ2n) is 4.01. The van der Waals surface area contributed by atoms with E-state index in [2.05, 4.69) is 10.6 Å². The van der Waals surface area contributed by atoms with Gasteiger partial charge < -0.3 is 15.4 Å². The molecule has 0 amide bonds. The molecule has 1 aromatic carbocycles. The zero-order valence-corrected chi connectivity index (χ0v) is 12.2. The molecular weight excluding hydrogens is 271 g/mol. The minimum Gasteiger partial charge on any atom is -0.383 e. The Morgan fingerprint density at radius 2 is 1.89 bits per heavy atom. The van der Waals surface area contributed by atoms with Crippen LogP contribution in [0.15, 0.2) is 18.2 Å². The molecule has 0 fully saturated rings.